The highest BCUT2D eigenvalue weighted by Gasteiger charge is 2.14. The van der Waals surface area contributed by atoms with Crippen LogP contribution >= 0.6 is 0 Å². The number of aryl methyl sites for hydroxylation is 1. The van der Waals surface area contributed by atoms with Crippen molar-refractivity contribution in [2.75, 3.05) is 13.2 Å². The van der Waals surface area contributed by atoms with Gasteiger partial charge in [-0.15, -0.1) is 0 Å². The van der Waals surface area contributed by atoms with Crippen molar-refractivity contribution in [2.45, 2.75) is 32.7 Å². The molecule has 0 aliphatic heterocycles. The van der Waals surface area contributed by atoms with Crippen LogP contribution in [-0.4, -0.2) is 30.0 Å². The topological polar surface area (TPSA) is 107 Å². The van der Waals surface area contributed by atoms with Gasteiger partial charge in [0, 0.05) is 18.6 Å². The first-order valence-corrected chi connectivity index (χ1v) is 6.86. The molecule has 0 fully saturated rings. The van der Waals surface area contributed by atoms with Gasteiger partial charge in [0.1, 0.15) is 5.75 Å². The number of rotatable bonds is 9. The third kappa shape index (κ3) is 5.39. The molecule has 1 atom stereocenters. The molecule has 3 N–H and O–H groups in total. The van der Waals surface area contributed by atoms with Crippen molar-refractivity contribution in [1.82, 2.24) is 5.32 Å². The molecular weight excluding hydrogens is 274 g/mol. The Hall–Kier alpha value is -2.15. The Morgan fingerprint density at radius 1 is 1.52 bits per heavy atom. The molecule has 1 rings (SSSR count). The second kappa shape index (κ2) is 8.21. The van der Waals surface area contributed by atoms with Gasteiger partial charge in [-0.25, -0.2) is 0 Å². The number of primary amides is 1. The van der Waals surface area contributed by atoms with E-state index < -0.39 is 16.9 Å². The average Bonchev–Trinajstić information content (AvgIpc) is 2.43. The number of ether oxygens (including phenoxy) is 1. The molecule has 1 aromatic carbocycles. The SMILES string of the molecule is CCCNC(CCOc1ccc([N+](=O)[O-])cc1C)C(N)=O. The van der Waals surface area contributed by atoms with Gasteiger partial charge >= 0.3 is 0 Å². The van der Waals surface area contributed by atoms with Gasteiger partial charge in [0.25, 0.3) is 5.69 Å². The zero-order valence-electron chi connectivity index (χ0n) is 12.3. The van der Waals surface area contributed by atoms with Crippen LogP contribution in [-0.2, 0) is 4.79 Å². The quantitative estimate of drug-likeness (QED) is 0.530. The van der Waals surface area contributed by atoms with E-state index in [1.165, 1.54) is 12.1 Å². The van der Waals surface area contributed by atoms with Gasteiger partial charge in [0.05, 0.1) is 17.6 Å². The number of nitrogens with one attached hydrogen (secondary N) is 1. The van der Waals surface area contributed by atoms with Crippen molar-refractivity contribution < 1.29 is 14.5 Å². The summed E-state index contributed by atoms with van der Waals surface area (Å²) in [5.74, 6) is 0.159. The fourth-order valence-electron chi connectivity index (χ4n) is 1.86. The monoisotopic (exact) mass is 295 g/mol. The van der Waals surface area contributed by atoms with E-state index in [-0.39, 0.29) is 5.69 Å². The van der Waals surface area contributed by atoms with Crippen molar-refractivity contribution in [3.8, 4) is 5.75 Å². The zero-order chi connectivity index (χ0) is 15.8. The van der Waals surface area contributed by atoms with Crippen LogP contribution in [0.3, 0.4) is 0 Å². The molecule has 0 saturated heterocycles. The molecular formula is C14H21N3O4. The maximum Gasteiger partial charge on any atom is 0.269 e. The smallest absolute Gasteiger partial charge is 0.269 e. The molecule has 0 aromatic heterocycles. The molecule has 7 heteroatoms. The number of hydrogen-bond acceptors (Lipinski definition) is 5. The molecule has 1 aromatic rings. The lowest BCUT2D eigenvalue weighted by Gasteiger charge is -2.16. The van der Waals surface area contributed by atoms with Crippen LogP contribution in [0.5, 0.6) is 5.75 Å². The van der Waals surface area contributed by atoms with Crippen molar-refractivity contribution in [2.24, 2.45) is 5.73 Å². The van der Waals surface area contributed by atoms with E-state index in [2.05, 4.69) is 5.32 Å². The van der Waals surface area contributed by atoms with E-state index in [1.54, 1.807) is 13.0 Å². The van der Waals surface area contributed by atoms with E-state index in [0.29, 0.717) is 30.9 Å². The number of nitrogens with zero attached hydrogens (tertiary/aromatic N) is 1. The molecule has 7 nitrogen and oxygen atoms in total. The maximum absolute atomic E-state index is 11.3. The molecule has 0 aliphatic rings. The number of hydrogen-bond donors (Lipinski definition) is 2. The molecule has 1 amide bonds. The lowest BCUT2D eigenvalue weighted by atomic mass is 10.2. The number of benzene rings is 1. The van der Waals surface area contributed by atoms with E-state index in [9.17, 15) is 14.9 Å². The minimum atomic E-state index is -0.450. The molecule has 0 aliphatic carbocycles. The van der Waals surface area contributed by atoms with E-state index in [4.69, 9.17) is 10.5 Å². The Bertz CT molecular complexity index is 505. The fourth-order valence-corrected chi connectivity index (χ4v) is 1.86. The first-order valence-electron chi connectivity index (χ1n) is 6.86. The average molecular weight is 295 g/mol. The summed E-state index contributed by atoms with van der Waals surface area (Å²) in [6.45, 7) is 4.76. The predicted molar refractivity (Wildman–Crippen MR) is 79.2 cm³/mol. The molecule has 1 unspecified atom stereocenters. The minimum Gasteiger partial charge on any atom is -0.493 e. The lowest BCUT2D eigenvalue weighted by Crippen LogP contribution is -2.42. The van der Waals surface area contributed by atoms with Crippen LogP contribution in [0.4, 0.5) is 5.69 Å². The lowest BCUT2D eigenvalue weighted by molar-refractivity contribution is -0.384. The summed E-state index contributed by atoms with van der Waals surface area (Å²) in [6, 6.07) is 3.98. The number of amides is 1. The third-order valence-electron chi connectivity index (χ3n) is 3.02. The van der Waals surface area contributed by atoms with Crippen LogP contribution in [0.15, 0.2) is 18.2 Å². The van der Waals surface area contributed by atoms with Crippen molar-refractivity contribution in [3.63, 3.8) is 0 Å². The number of non-ortho nitro benzene ring substituents is 1. The van der Waals surface area contributed by atoms with Gasteiger partial charge in [-0.1, -0.05) is 6.92 Å². The van der Waals surface area contributed by atoms with Crippen molar-refractivity contribution >= 4 is 11.6 Å². The Morgan fingerprint density at radius 2 is 2.24 bits per heavy atom. The number of nitro benzene ring substituents is 1. The fraction of sp³-hybridized carbons (Fsp3) is 0.500. The van der Waals surface area contributed by atoms with Crippen LogP contribution in [0.2, 0.25) is 0 Å². The van der Waals surface area contributed by atoms with E-state index in [1.807, 2.05) is 6.92 Å². The van der Waals surface area contributed by atoms with Gasteiger partial charge < -0.3 is 15.8 Å². The Labute approximate surface area is 123 Å². The molecule has 0 bridgehead atoms. The number of carbonyl (C=O) groups is 1. The number of nitro groups is 1. The molecule has 0 saturated carbocycles. The Kier molecular flexibility index (Phi) is 6.61. The standard InChI is InChI=1S/C14H21N3O4/c1-3-7-16-12(14(15)18)6-8-21-13-5-4-11(17(19)20)9-10(13)2/h4-5,9,12,16H,3,6-8H2,1-2H3,(H2,15,18). The van der Waals surface area contributed by atoms with E-state index in [0.717, 1.165) is 6.42 Å². The summed E-state index contributed by atoms with van der Waals surface area (Å²) in [5.41, 5.74) is 6.02. The maximum atomic E-state index is 11.3. The highest BCUT2D eigenvalue weighted by molar-refractivity contribution is 5.79. The van der Waals surface area contributed by atoms with Gasteiger partial charge in [0.2, 0.25) is 5.91 Å². The largest absolute Gasteiger partial charge is 0.493 e. The van der Waals surface area contributed by atoms with Crippen LogP contribution in [0.25, 0.3) is 0 Å². The highest BCUT2D eigenvalue weighted by atomic mass is 16.6. The third-order valence-corrected chi connectivity index (χ3v) is 3.02. The summed E-state index contributed by atoms with van der Waals surface area (Å²) < 4.78 is 5.56. The predicted octanol–water partition coefficient (Wildman–Crippen LogP) is 1.53. The van der Waals surface area contributed by atoms with Crippen molar-refractivity contribution in [3.05, 3.63) is 33.9 Å². The van der Waals surface area contributed by atoms with Crippen LogP contribution in [0.1, 0.15) is 25.3 Å². The van der Waals surface area contributed by atoms with Crippen LogP contribution in [0, 0.1) is 17.0 Å². The Morgan fingerprint density at radius 3 is 2.76 bits per heavy atom. The molecule has 0 heterocycles. The van der Waals surface area contributed by atoms with Gasteiger partial charge in [-0.3, -0.25) is 14.9 Å². The van der Waals surface area contributed by atoms with Gasteiger partial charge in [0.15, 0.2) is 0 Å². The van der Waals surface area contributed by atoms with Crippen LogP contribution < -0.4 is 15.8 Å². The summed E-state index contributed by atoms with van der Waals surface area (Å²) in [7, 11) is 0. The first kappa shape index (κ1) is 16.9. The summed E-state index contributed by atoms with van der Waals surface area (Å²) in [6.07, 6.45) is 1.36. The zero-order valence-corrected chi connectivity index (χ0v) is 12.3. The number of nitrogens with two attached hydrogens (primary N) is 1. The summed E-state index contributed by atoms with van der Waals surface area (Å²) >= 11 is 0. The minimum absolute atomic E-state index is 0.0273. The first-order chi connectivity index (χ1) is 9.95. The molecule has 116 valence electrons. The van der Waals surface area contributed by atoms with Gasteiger partial charge in [-0.2, -0.15) is 0 Å². The summed E-state index contributed by atoms with van der Waals surface area (Å²) in [4.78, 5) is 21.5. The van der Waals surface area contributed by atoms with Gasteiger partial charge in [-0.05, 0) is 31.5 Å². The number of carbonyl (C=O) groups excluding carboxylic acids is 1. The van der Waals surface area contributed by atoms with Crippen molar-refractivity contribution in [1.29, 1.82) is 0 Å². The molecule has 0 radical (unpaired) electrons. The molecule has 21 heavy (non-hydrogen) atoms. The summed E-state index contributed by atoms with van der Waals surface area (Å²) in [5, 5.41) is 13.7. The van der Waals surface area contributed by atoms with E-state index >= 15 is 0 Å². The normalized spacial score (nSPS) is 11.9. The Balaban J connectivity index is 2.54. The second-order valence-electron chi connectivity index (χ2n) is 4.75. The highest BCUT2D eigenvalue weighted by Crippen LogP contribution is 2.23. The molecule has 0 spiro atoms. The second-order valence-corrected chi connectivity index (χ2v) is 4.75.